The largest absolute Gasteiger partial charge is 0.397 e. The van der Waals surface area contributed by atoms with E-state index in [9.17, 15) is 4.79 Å². The molecular formula is C23H31N7O. The number of carbonyl (C=O) groups excluding carboxylic acids is 1. The summed E-state index contributed by atoms with van der Waals surface area (Å²) in [4.78, 5) is 29.4. The lowest BCUT2D eigenvalue weighted by molar-refractivity contribution is 0.0763. The van der Waals surface area contributed by atoms with Crippen LogP contribution in [0.5, 0.6) is 0 Å². The molecule has 2 aromatic rings. The Morgan fingerprint density at radius 1 is 0.968 bits per heavy atom. The van der Waals surface area contributed by atoms with Gasteiger partial charge in [0, 0.05) is 63.5 Å². The predicted octanol–water partition coefficient (Wildman–Crippen LogP) is 1.56. The molecule has 0 bridgehead atoms. The highest BCUT2D eigenvalue weighted by Gasteiger charge is 2.29. The molecule has 31 heavy (non-hydrogen) atoms. The minimum Gasteiger partial charge on any atom is -0.397 e. The first-order chi connectivity index (χ1) is 15.1. The number of benzene rings is 1. The van der Waals surface area contributed by atoms with Crippen LogP contribution in [0.1, 0.15) is 40.9 Å². The fourth-order valence-electron chi connectivity index (χ4n) is 4.75. The van der Waals surface area contributed by atoms with E-state index in [0.717, 1.165) is 62.3 Å². The topological polar surface area (TPSA) is 105 Å². The molecule has 8 nitrogen and oxygen atoms in total. The van der Waals surface area contributed by atoms with Crippen LogP contribution in [0, 0.1) is 0 Å². The Kier molecular flexibility index (Phi) is 5.40. The summed E-state index contributed by atoms with van der Waals surface area (Å²) in [6, 6.07) is 5.90. The number of nitrogen functional groups attached to an aromatic ring is 2. The zero-order valence-electron chi connectivity index (χ0n) is 18.0. The maximum atomic E-state index is 13.0. The summed E-state index contributed by atoms with van der Waals surface area (Å²) >= 11 is 0. The van der Waals surface area contributed by atoms with Gasteiger partial charge in [-0.15, -0.1) is 0 Å². The number of nitrogens with two attached hydrogens (primary N) is 2. The molecule has 2 aliphatic heterocycles. The van der Waals surface area contributed by atoms with Crippen molar-refractivity contribution in [1.82, 2.24) is 19.8 Å². The van der Waals surface area contributed by atoms with Crippen molar-refractivity contribution in [3.63, 3.8) is 0 Å². The first kappa shape index (κ1) is 20.1. The number of nitrogens with zero attached hydrogens (tertiary/aromatic N) is 5. The maximum absolute atomic E-state index is 13.0. The van der Waals surface area contributed by atoms with Crippen molar-refractivity contribution in [3.05, 3.63) is 41.2 Å². The third-order valence-corrected chi connectivity index (χ3v) is 7.02. The Balaban J connectivity index is 1.24. The van der Waals surface area contributed by atoms with E-state index in [0.29, 0.717) is 30.0 Å². The van der Waals surface area contributed by atoms with E-state index in [1.54, 1.807) is 18.2 Å². The molecule has 1 amide bonds. The predicted molar refractivity (Wildman–Crippen MR) is 122 cm³/mol. The molecule has 1 saturated heterocycles. The first-order valence-corrected chi connectivity index (χ1v) is 11.4. The van der Waals surface area contributed by atoms with Crippen molar-refractivity contribution in [2.24, 2.45) is 0 Å². The third kappa shape index (κ3) is 4.04. The molecule has 0 radical (unpaired) electrons. The molecule has 2 fully saturated rings. The van der Waals surface area contributed by atoms with Crippen LogP contribution in [0.25, 0.3) is 0 Å². The second-order valence-corrected chi connectivity index (χ2v) is 8.89. The van der Waals surface area contributed by atoms with Crippen molar-refractivity contribution in [1.29, 1.82) is 0 Å². The highest BCUT2D eigenvalue weighted by Crippen LogP contribution is 2.26. The lowest BCUT2D eigenvalue weighted by Crippen LogP contribution is -2.52. The van der Waals surface area contributed by atoms with Gasteiger partial charge in [-0.1, -0.05) is 6.42 Å². The Labute approximate surface area is 183 Å². The average molecular weight is 422 g/mol. The van der Waals surface area contributed by atoms with Crippen LogP contribution in [-0.4, -0.2) is 71.0 Å². The van der Waals surface area contributed by atoms with Crippen molar-refractivity contribution < 1.29 is 4.79 Å². The molecule has 8 heteroatoms. The first-order valence-electron chi connectivity index (χ1n) is 11.4. The van der Waals surface area contributed by atoms with Crippen LogP contribution in [-0.2, 0) is 12.8 Å². The van der Waals surface area contributed by atoms with Crippen molar-refractivity contribution >= 4 is 23.2 Å². The smallest absolute Gasteiger partial charge is 0.253 e. The number of piperazine rings is 1. The van der Waals surface area contributed by atoms with Crippen LogP contribution < -0.4 is 16.4 Å². The van der Waals surface area contributed by atoms with E-state index in [4.69, 9.17) is 16.5 Å². The average Bonchev–Trinajstić information content (AvgIpc) is 2.97. The van der Waals surface area contributed by atoms with Crippen LogP contribution >= 0.6 is 0 Å². The van der Waals surface area contributed by atoms with Gasteiger partial charge in [0.25, 0.3) is 5.91 Å². The molecule has 1 aromatic heterocycles. The van der Waals surface area contributed by atoms with E-state index in [2.05, 4.69) is 14.8 Å². The highest BCUT2D eigenvalue weighted by atomic mass is 16.2. The van der Waals surface area contributed by atoms with Gasteiger partial charge >= 0.3 is 0 Å². The summed E-state index contributed by atoms with van der Waals surface area (Å²) in [5.41, 5.74) is 15.4. The fourth-order valence-corrected chi connectivity index (χ4v) is 4.75. The second kappa shape index (κ2) is 8.34. The SMILES string of the molecule is Nc1ccc(C(=O)N2CCc3cnc(N4CCN(C5CCC5)CC4)nc3CC2)cc1N. The van der Waals surface area contributed by atoms with Crippen LogP contribution in [0.4, 0.5) is 17.3 Å². The molecular weight excluding hydrogens is 390 g/mol. The lowest BCUT2D eigenvalue weighted by atomic mass is 9.91. The number of aromatic nitrogens is 2. The molecule has 3 aliphatic rings. The van der Waals surface area contributed by atoms with E-state index >= 15 is 0 Å². The monoisotopic (exact) mass is 421 g/mol. The van der Waals surface area contributed by atoms with Crippen molar-refractivity contribution in [3.8, 4) is 0 Å². The Hall–Kier alpha value is -2.87. The summed E-state index contributed by atoms with van der Waals surface area (Å²) in [6.45, 7) is 5.45. The van der Waals surface area contributed by atoms with Gasteiger partial charge in [0.15, 0.2) is 0 Å². The minimum atomic E-state index is -0.0141. The zero-order valence-corrected chi connectivity index (χ0v) is 18.0. The number of hydrogen-bond donors (Lipinski definition) is 2. The molecule has 1 aromatic carbocycles. The van der Waals surface area contributed by atoms with Gasteiger partial charge in [0.2, 0.25) is 5.95 Å². The molecule has 0 spiro atoms. The Morgan fingerprint density at radius 2 is 1.74 bits per heavy atom. The van der Waals surface area contributed by atoms with Gasteiger partial charge in [0.05, 0.1) is 17.1 Å². The summed E-state index contributed by atoms with van der Waals surface area (Å²) < 4.78 is 0. The normalized spacial score (nSPS) is 20.1. The zero-order chi connectivity index (χ0) is 21.4. The summed E-state index contributed by atoms with van der Waals surface area (Å²) in [6.07, 6.45) is 7.56. The van der Waals surface area contributed by atoms with Gasteiger partial charge in [-0.2, -0.15) is 0 Å². The molecule has 0 atom stereocenters. The number of carbonyl (C=O) groups is 1. The van der Waals surface area contributed by atoms with Gasteiger partial charge in [-0.25, -0.2) is 9.97 Å². The van der Waals surface area contributed by atoms with Gasteiger partial charge in [-0.05, 0) is 43.0 Å². The lowest BCUT2D eigenvalue weighted by Gasteiger charge is -2.43. The second-order valence-electron chi connectivity index (χ2n) is 8.89. The van der Waals surface area contributed by atoms with E-state index in [1.165, 1.54) is 19.3 Å². The van der Waals surface area contributed by atoms with E-state index in [1.807, 2.05) is 11.1 Å². The van der Waals surface area contributed by atoms with E-state index < -0.39 is 0 Å². The quantitative estimate of drug-likeness (QED) is 0.725. The fraction of sp³-hybridized carbons (Fsp3) is 0.522. The van der Waals surface area contributed by atoms with Crippen molar-refractivity contribution in [2.75, 3.05) is 55.6 Å². The number of hydrogen-bond acceptors (Lipinski definition) is 7. The molecule has 1 saturated carbocycles. The Morgan fingerprint density at radius 3 is 2.45 bits per heavy atom. The van der Waals surface area contributed by atoms with Gasteiger partial charge < -0.3 is 21.3 Å². The molecule has 164 valence electrons. The number of fused-ring (bicyclic) bond motifs is 1. The van der Waals surface area contributed by atoms with Crippen LogP contribution in [0.3, 0.4) is 0 Å². The van der Waals surface area contributed by atoms with Crippen LogP contribution in [0.2, 0.25) is 0 Å². The number of rotatable bonds is 3. The number of anilines is 3. The third-order valence-electron chi connectivity index (χ3n) is 7.02. The van der Waals surface area contributed by atoms with Crippen molar-refractivity contribution in [2.45, 2.75) is 38.1 Å². The van der Waals surface area contributed by atoms with E-state index in [-0.39, 0.29) is 5.91 Å². The van der Waals surface area contributed by atoms with Gasteiger partial charge in [-0.3, -0.25) is 9.69 Å². The molecule has 3 heterocycles. The molecule has 5 rings (SSSR count). The summed E-state index contributed by atoms with van der Waals surface area (Å²) in [5.74, 6) is 0.817. The van der Waals surface area contributed by atoms with Gasteiger partial charge in [0.1, 0.15) is 0 Å². The molecule has 4 N–H and O–H groups in total. The summed E-state index contributed by atoms with van der Waals surface area (Å²) in [5, 5.41) is 0. The maximum Gasteiger partial charge on any atom is 0.253 e. The number of amides is 1. The Bertz CT molecular complexity index is 966. The standard InChI is InChI=1S/C23H31N7O/c24-19-5-4-16(14-20(19)25)22(31)29-8-6-17-15-26-23(27-21(17)7-9-29)30-12-10-28(11-13-30)18-2-1-3-18/h4-5,14-15,18H,1-3,6-13,24-25H2. The molecule has 1 aliphatic carbocycles. The van der Waals surface area contributed by atoms with Crippen LogP contribution in [0.15, 0.2) is 24.4 Å². The highest BCUT2D eigenvalue weighted by molar-refractivity contribution is 5.96. The molecule has 0 unspecified atom stereocenters. The summed E-state index contributed by atoms with van der Waals surface area (Å²) in [7, 11) is 0. The minimum absolute atomic E-state index is 0.0141.